The number of pyridine rings is 2. The Hall–Kier alpha value is -5.22. The maximum Gasteiger partial charge on any atom is 0.340 e. The highest BCUT2D eigenvalue weighted by Gasteiger charge is 2.30. The van der Waals surface area contributed by atoms with Crippen molar-refractivity contribution in [1.82, 2.24) is 9.97 Å². The Labute approximate surface area is 261 Å². The molecule has 0 saturated carbocycles. The van der Waals surface area contributed by atoms with Crippen LogP contribution in [0.25, 0.3) is 22.5 Å². The van der Waals surface area contributed by atoms with Crippen molar-refractivity contribution in [2.75, 3.05) is 19.1 Å². The molecule has 5 aromatic rings. The Balaban J connectivity index is 1.83. The van der Waals surface area contributed by atoms with Crippen molar-refractivity contribution in [1.29, 1.82) is 0 Å². The van der Waals surface area contributed by atoms with Crippen LogP contribution in [0.1, 0.15) is 27.6 Å². The number of benzene rings is 3. The van der Waals surface area contributed by atoms with Crippen LogP contribution in [0.15, 0.2) is 97.1 Å². The summed E-state index contributed by atoms with van der Waals surface area (Å²) in [5.41, 5.74) is 2.83. The van der Waals surface area contributed by atoms with Crippen LogP contribution in [-0.4, -0.2) is 44.9 Å². The van der Waals surface area contributed by atoms with Crippen LogP contribution in [0.5, 0.6) is 0 Å². The molecule has 0 spiro atoms. The van der Waals surface area contributed by atoms with Crippen molar-refractivity contribution in [3.8, 4) is 22.5 Å². The molecule has 10 heteroatoms. The molecule has 45 heavy (non-hydrogen) atoms. The van der Waals surface area contributed by atoms with E-state index in [1.54, 1.807) is 77.7 Å². The van der Waals surface area contributed by atoms with E-state index in [1.165, 1.54) is 38.5 Å². The van der Waals surface area contributed by atoms with Crippen molar-refractivity contribution in [2.45, 2.75) is 19.5 Å². The minimum Gasteiger partial charge on any atom is -0.465 e. The number of anilines is 3. The first kappa shape index (κ1) is 31.2. The van der Waals surface area contributed by atoms with Gasteiger partial charge in [0, 0.05) is 11.1 Å². The van der Waals surface area contributed by atoms with Crippen molar-refractivity contribution < 1.29 is 27.8 Å². The summed E-state index contributed by atoms with van der Waals surface area (Å²) in [4.78, 5) is 38.3. The number of rotatable bonds is 9. The summed E-state index contributed by atoms with van der Waals surface area (Å²) in [6, 6.07) is 26.8. The first-order chi connectivity index (χ1) is 21.7. The molecular weight excluding hydrogens is 592 g/mol. The normalized spacial score (nSPS) is 11.5. The van der Waals surface area contributed by atoms with Gasteiger partial charge in [0.1, 0.15) is 23.3 Å². The lowest BCUT2D eigenvalue weighted by molar-refractivity contribution is 0.0601. The number of carbonyl (C=O) groups is 2. The molecule has 7 nitrogen and oxygen atoms in total. The summed E-state index contributed by atoms with van der Waals surface area (Å²) in [5, 5.41) is 0.892. The van der Waals surface area contributed by atoms with E-state index >= 15 is 0 Å². The average molecular weight is 624 g/mol. The first-order valence-electron chi connectivity index (χ1n) is 14.3. The number of methoxy groups -OCH3 is 2. The molecular formula is C35H31F2N3O4Si. The van der Waals surface area contributed by atoms with Crippen molar-refractivity contribution in [2.24, 2.45) is 0 Å². The first-order valence-corrected chi connectivity index (χ1v) is 16.9. The van der Waals surface area contributed by atoms with Gasteiger partial charge in [-0.2, -0.15) is 0 Å². The lowest BCUT2D eigenvalue weighted by atomic mass is 10.0. The number of esters is 2. The number of hydrogen-bond acceptors (Lipinski definition) is 7. The SMILES string of the molecule is CC[SiH](C)c1cc(C(=O)OC)c(N(c2cccc(-c3ccc(F)cc3)n2)c2cccc(-c3ccc(F)cc3)n2)c(C(=O)OC)c1. The second-order valence-corrected chi connectivity index (χ2v) is 13.7. The molecule has 0 bridgehead atoms. The Morgan fingerprint density at radius 2 is 1.13 bits per heavy atom. The monoisotopic (exact) mass is 623 g/mol. The number of halogens is 2. The Morgan fingerprint density at radius 1 is 0.711 bits per heavy atom. The molecule has 0 radical (unpaired) electrons. The minimum atomic E-state index is -1.53. The predicted octanol–water partition coefficient (Wildman–Crippen LogP) is 7.22. The molecule has 2 heterocycles. The average Bonchev–Trinajstić information content (AvgIpc) is 3.08. The highest BCUT2D eigenvalue weighted by molar-refractivity contribution is 6.72. The van der Waals surface area contributed by atoms with Crippen LogP contribution in [0.3, 0.4) is 0 Å². The number of carbonyl (C=O) groups excluding carboxylic acids is 2. The van der Waals surface area contributed by atoms with Gasteiger partial charge in [0.25, 0.3) is 0 Å². The smallest absolute Gasteiger partial charge is 0.340 e. The van der Waals surface area contributed by atoms with Crippen LogP contribution in [0.4, 0.5) is 26.1 Å². The zero-order chi connectivity index (χ0) is 32.1. The van der Waals surface area contributed by atoms with Crippen molar-refractivity contribution in [3.05, 3.63) is 120 Å². The van der Waals surface area contributed by atoms with E-state index in [2.05, 4.69) is 13.5 Å². The molecule has 0 aliphatic carbocycles. The number of ether oxygens (including phenoxy) is 2. The molecule has 0 N–H and O–H groups in total. The largest absolute Gasteiger partial charge is 0.465 e. The lowest BCUT2D eigenvalue weighted by Gasteiger charge is -2.28. The van der Waals surface area contributed by atoms with Gasteiger partial charge in [-0.15, -0.1) is 0 Å². The molecule has 0 saturated heterocycles. The van der Waals surface area contributed by atoms with Crippen LogP contribution in [-0.2, 0) is 9.47 Å². The van der Waals surface area contributed by atoms with Gasteiger partial charge in [0.05, 0.1) is 51.2 Å². The van der Waals surface area contributed by atoms with Gasteiger partial charge in [-0.05, 0) is 84.9 Å². The Bertz CT molecular complexity index is 1720. The van der Waals surface area contributed by atoms with Crippen molar-refractivity contribution in [3.63, 3.8) is 0 Å². The predicted molar refractivity (Wildman–Crippen MR) is 173 cm³/mol. The highest BCUT2D eigenvalue weighted by atomic mass is 28.3. The quantitative estimate of drug-likeness (QED) is 0.127. The highest BCUT2D eigenvalue weighted by Crippen LogP contribution is 2.39. The van der Waals surface area contributed by atoms with Gasteiger partial charge in [-0.3, -0.25) is 4.90 Å². The maximum atomic E-state index is 13.7. The molecule has 0 aliphatic heterocycles. The molecule has 1 atom stereocenters. The molecule has 1 unspecified atom stereocenters. The second kappa shape index (κ2) is 13.6. The molecule has 3 aromatic carbocycles. The molecule has 5 rings (SSSR count). The van der Waals surface area contributed by atoms with Gasteiger partial charge >= 0.3 is 11.9 Å². The second-order valence-electron chi connectivity index (χ2n) is 10.4. The van der Waals surface area contributed by atoms with E-state index in [1.807, 2.05) is 0 Å². The van der Waals surface area contributed by atoms with Crippen LogP contribution in [0, 0.1) is 11.6 Å². The van der Waals surface area contributed by atoms with Crippen LogP contribution >= 0.6 is 0 Å². The topological polar surface area (TPSA) is 81.6 Å². The van der Waals surface area contributed by atoms with E-state index in [0.29, 0.717) is 34.2 Å². The van der Waals surface area contributed by atoms with E-state index in [4.69, 9.17) is 19.4 Å². The van der Waals surface area contributed by atoms with E-state index in [9.17, 15) is 18.4 Å². The summed E-state index contributed by atoms with van der Waals surface area (Å²) in [6.07, 6.45) is 0. The summed E-state index contributed by atoms with van der Waals surface area (Å²) < 4.78 is 37.9. The fourth-order valence-corrected chi connectivity index (χ4v) is 6.33. The fraction of sp³-hybridized carbons (Fsp3) is 0.143. The maximum absolute atomic E-state index is 13.7. The Morgan fingerprint density at radius 3 is 1.51 bits per heavy atom. The summed E-state index contributed by atoms with van der Waals surface area (Å²) in [6.45, 7) is 4.21. The summed E-state index contributed by atoms with van der Waals surface area (Å²) in [5.74, 6) is -1.41. The standard InChI is InChI=1S/C35H31F2N3O4Si/c1-5-45(4)26-20-27(34(41)43-2)33(28(21-26)35(42)44-3)40(31-10-6-8-29(38-31)22-12-16-24(36)17-13-22)32-11-7-9-30(39-32)23-14-18-25(37)19-15-23/h6-21,45H,5H2,1-4H3. The van der Waals surface area contributed by atoms with E-state index in [-0.39, 0.29) is 28.4 Å². The fourth-order valence-electron chi connectivity index (χ4n) is 4.95. The molecule has 0 aliphatic rings. The zero-order valence-electron chi connectivity index (χ0n) is 25.3. The molecule has 228 valence electrons. The zero-order valence-corrected chi connectivity index (χ0v) is 26.4. The molecule has 0 amide bonds. The van der Waals surface area contributed by atoms with Gasteiger partial charge in [-0.25, -0.2) is 28.3 Å². The summed E-state index contributed by atoms with van der Waals surface area (Å²) in [7, 11) is 1.03. The minimum absolute atomic E-state index is 0.145. The summed E-state index contributed by atoms with van der Waals surface area (Å²) >= 11 is 0. The van der Waals surface area contributed by atoms with Gasteiger partial charge in [0.15, 0.2) is 0 Å². The number of aromatic nitrogens is 2. The molecule has 2 aromatic heterocycles. The Kier molecular flexibility index (Phi) is 9.44. The van der Waals surface area contributed by atoms with Gasteiger partial charge in [-0.1, -0.05) is 36.8 Å². The van der Waals surface area contributed by atoms with Gasteiger partial charge in [0.2, 0.25) is 0 Å². The number of nitrogens with zero attached hydrogens (tertiary/aromatic N) is 3. The third kappa shape index (κ3) is 6.65. The van der Waals surface area contributed by atoms with E-state index < -0.39 is 20.7 Å². The lowest BCUT2D eigenvalue weighted by Crippen LogP contribution is -2.30. The van der Waals surface area contributed by atoms with Gasteiger partial charge < -0.3 is 9.47 Å². The van der Waals surface area contributed by atoms with Crippen molar-refractivity contribution >= 4 is 43.2 Å². The third-order valence-corrected chi connectivity index (χ3v) is 10.3. The van der Waals surface area contributed by atoms with E-state index in [0.717, 1.165) is 11.2 Å². The van der Waals surface area contributed by atoms with Crippen LogP contribution in [0.2, 0.25) is 12.6 Å². The third-order valence-electron chi connectivity index (χ3n) is 7.55. The van der Waals surface area contributed by atoms with Crippen LogP contribution < -0.4 is 10.1 Å². The molecule has 0 fully saturated rings. The number of hydrogen-bond donors (Lipinski definition) is 0.